The number of hydrogen-bond acceptors (Lipinski definition) is 3. The summed E-state index contributed by atoms with van der Waals surface area (Å²) in [5, 5.41) is 11.4. The Morgan fingerprint density at radius 2 is 1.92 bits per heavy atom. The highest BCUT2D eigenvalue weighted by molar-refractivity contribution is 14.1. The van der Waals surface area contributed by atoms with Gasteiger partial charge in [0.1, 0.15) is 5.78 Å². The van der Waals surface area contributed by atoms with Crippen LogP contribution in [0.5, 0.6) is 0 Å². The third-order valence-electron chi connectivity index (χ3n) is 8.53. The van der Waals surface area contributed by atoms with Gasteiger partial charge in [0.05, 0.1) is 9.53 Å². The standard InChI is InChI=1S/C21H29IO3/c1-12(23)15-6-7-16-17-5-4-13-10-14(24)8-9-20(13,3)21(17,22)18(25)11-19(15,16)2/h10,15-18,25H,4-9,11H2,1-3H3/t15-,16+,17+,18+,19-,20+,21+/m1/s1. The molecule has 0 spiro atoms. The predicted octanol–water partition coefficient (Wildman–Crippen LogP) is 4.25. The fourth-order valence-electron chi connectivity index (χ4n) is 7.24. The Morgan fingerprint density at radius 1 is 1.20 bits per heavy atom. The molecule has 3 fully saturated rings. The number of aliphatic hydroxyl groups is 1. The van der Waals surface area contributed by atoms with E-state index < -0.39 is 6.10 Å². The van der Waals surface area contributed by atoms with Crippen molar-refractivity contribution in [2.75, 3.05) is 0 Å². The molecule has 3 nitrogen and oxygen atoms in total. The fourth-order valence-corrected chi connectivity index (χ4v) is 8.82. The van der Waals surface area contributed by atoms with Crippen molar-refractivity contribution in [2.24, 2.45) is 28.6 Å². The Morgan fingerprint density at radius 3 is 2.60 bits per heavy atom. The summed E-state index contributed by atoms with van der Waals surface area (Å²) in [5.41, 5.74) is 1.10. The third kappa shape index (κ3) is 2.19. The van der Waals surface area contributed by atoms with Crippen molar-refractivity contribution in [3.8, 4) is 0 Å². The molecule has 0 aromatic rings. The van der Waals surface area contributed by atoms with Crippen molar-refractivity contribution in [3.05, 3.63) is 11.6 Å². The van der Waals surface area contributed by atoms with E-state index in [0.29, 0.717) is 24.0 Å². The van der Waals surface area contributed by atoms with Gasteiger partial charge in [-0.15, -0.1) is 0 Å². The van der Waals surface area contributed by atoms with Crippen LogP contribution in [0.2, 0.25) is 0 Å². The summed E-state index contributed by atoms with van der Waals surface area (Å²) in [4.78, 5) is 24.2. The van der Waals surface area contributed by atoms with Gasteiger partial charge in [-0.2, -0.15) is 0 Å². The van der Waals surface area contributed by atoms with Crippen LogP contribution in [0.25, 0.3) is 0 Å². The Hall–Kier alpha value is -0.230. The zero-order chi connectivity index (χ0) is 18.2. The minimum atomic E-state index is -0.416. The minimum Gasteiger partial charge on any atom is -0.392 e. The first kappa shape index (κ1) is 18.1. The summed E-state index contributed by atoms with van der Waals surface area (Å²) in [6.45, 7) is 6.27. The average Bonchev–Trinajstić information content (AvgIpc) is 2.87. The second-order valence-corrected chi connectivity index (χ2v) is 11.2. The molecule has 0 amide bonds. The lowest BCUT2D eigenvalue weighted by Crippen LogP contribution is -2.66. The summed E-state index contributed by atoms with van der Waals surface area (Å²) >= 11 is 2.57. The smallest absolute Gasteiger partial charge is 0.155 e. The van der Waals surface area contributed by atoms with Crippen LogP contribution in [0.4, 0.5) is 0 Å². The number of allylic oxidation sites excluding steroid dienone is 1. The van der Waals surface area contributed by atoms with E-state index >= 15 is 0 Å². The number of Topliss-reactive ketones (excluding diaryl/α,β-unsaturated/α-hetero) is 1. The van der Waals surface area contributed by atoms with Gasteiger partial charge in [0.25, 0.3) is 0 Å². The number of fused-ring (bicyclic) bond motifs is 5. The van der Waals surface area contributed by atoms with Crippen LogP contribution in [-0.4, -0.2) is 26.2 Å². The number of alkyl halides is 1. The van der Waals surface area contributed by atoms with Gasteiger partial charge in [-0.1, -0.05) is 42.0 Å². The number of halogens is 1. The van der Waals surface area contributed by atoms with Gasteiger partial charge in [0.15, 0.2) is 5.78 Å². The van der Waals surface area contributed by atoms with E-state index in [1.165, 1.54) is 5.57 Å². The lowest BCUT2D eigenvalue weighted by molar-refractivity contribution is -0.134. The van der Waals surface area contributed by atoms with E-state index in [2.05, 4.69) is 36.4 Å². The maximum atomic E-state index is 12.2. The highest BCUT2D eigenvalue weighted by atomic mass is 127. The monoisotopic (exact) mass is 456 g/mol. The molecule has 3 saturated carbocycles. The van der Waals surface area contributed by atoms with Crippen LogP contribution < -0.4 is 0 Å². The molecule has 0 unspecified atom stereocenters. The Balaban J connectivity index is 1.79. The van der Waals surface area contributed by atoms with Crippen LogP contribution in [0, 0.1) is 28.6 Å². The van der Waals surface area contributed by atoms with Crippen molar-refractivity contribution >= 4 is 34.2 Å². The van der Waals surface area contributed by atoms with E-state index in [1.807, 2.05) is 6.08 Å². The summed E-state index contributed by atoms with van der Waals surface area (Å²) in [7, 11) is 0. The van der Waals surface area contributed by atoms with Crippen LogP contribution in [0.15, 0.2) is 11.6 Å². The summed E-state index contributed by atoms with van der Waals surface area (Å²) < 4.78 is -0.217. The molecule has 1 N–H and O–H groups in total. The quantitative estimate of drug-likeness (QED) is 0.474. The van der Waals surface area contributed by atoms with E-state index in [9.17, 15) is 14.7 Å². The third-order valence-corrected chi connectivity index (χ3v) is 11.2. The second-order valence-electron chi connectivity index (χ2n) is 9.45. The van der Waals surface area contributed by atoms with Crippen molar-refractivity contribution in [1.29, 1.82) is 0 Å². The number of aliphatic hydroxyl groups excluding tert-OH is 1. The topological polar surface area (TPSA) is 54.4 Å². The number of carbonyl (C=O) groups excluding carboxylic acids is 2. The maximum absolute atomic E-state index is 12.2. The maximum Gasteiger partial charge on any atom is 0.155 e. The van der Waals surface area contributed by atoms with Crippen molar-refractivity contribution in [1.82, 2.24) is 0 Å². The first-order chi connectivity index (χ1) is 11.6. The molecule has 4 heteroatoms. The van der Waals surface area contributed by atoms with Crippen molar-refractivity contribution in [3.63, 3.8) is 0 Å². The molecule has 4 rings (SSSR count). The molecule has 0 heterocycles. The normalized spacial score (nSPS) is 52.0. The molecule has 0 bridgehead atoms. The molecule has 4 aliphatic carbocycles. The first-order valence-electron chi connectivity index (χ1n) is 9.76. The number of rotatable bonds is 1. The highest BCUT2D eigenvalue weighted by Gasteiger charge is 2.69. The number of ketones is 2. The fraction of sp³-hybridized carbons (Fsp3) is 0.810. The largest absolute Gasteiger partial charge is 0.392 e. The zero-order valence-corrected chi connectivity index (χ0v) is 17.6. The molecule has 0 saturated heterocycles. The van der Waals surface area contributed by atoms with Crippen molar-refractivity contribution < 1.29 is 14.7 Å². The van der Waals surface area contributed by atoms with E-state index in [1.54, 1.807) is 6.92 Å². The number of carbonyl (C=O) groups is 2. The summed E-state index contributed by atoms with van der Waals surface area (Å²) in [6, 6.07) is 0. The zero-order valence-electron chi connectivity index (χ0n) is 15.5. The van der Waals surface area contributed by atoms with Crippen LogP contribution >= 0.6 is 22.6 Å². The van der Waals surface area contributed by atoms with Crippen molar-refractivity contribution in [2.45, 2.75) is 75.2 Å². The lowest BCUT2D eigenvalue weighted by Gasteiger charge is -2.64. The minimum absolute atomic E-state index is 0.0628. The van der Waals surface area contributed by atoms with Crippen LogP contribution in [0.3, 0.4) is 0 Å². The molecule has 0 aromatic heterocycles. The molecule has 7 atom stereocenters. The molecule has 0 aromatic carbocycles. The predicted molar refractivity (Wildman–Crippen MR) is 106 cm³/mol. The van der Waals surface area contributed by atoms with E-state index in [4.69, 9.17) is 0 Å². The van der Waals surface area contributed by atoms with Crippen LogP contribution in [-0.2, 0) is 9.59 Å². The van der Waals surface area contributed by atoms with Gasteiger partial charge in [-0.05, 0) is 68.8 Å². The lowest BCUT2D eigenvalue weighted by atomic mass is 9.45. The molecule has 4 aliphatic rings. The van der Waals surface area contributed by atoms with Gasteiger partial charge in [-0.25, -0.2) is 0 Å². The van der Waals surface area contributed by atoms with Gasteiger partial charge in [0, 0.05) is 17.8 Å². The molecule has 138 valence electrons. The first-order valence-corrected chi connectivity index (χ1v) is 10.8. The van der Waals surface area contributed by atoms with E-state index in [0.717, 1.165) is 38.5 Å². The van der Waals surface area contributed by atoms with Gasteiger partial charge in [-0.3, -0.25) is 9.59 Å². The van der Waals surface area contributed by atoms with E-state index in [-0.39, 0.29) is 26.0 Å². The Labute approximate surface area is 164 Å². The summed E-state index contributed by atoms with van der Waals surface area (Å²) in [5.74, 6) is 1.59. The Bertz CT molecular complexity index is 670. The Kier molecular flexibility index (Phi) is 4.09. The van der Waals surface area contributed by atoms with Gasteiger partial charge >= 0.3 is 0 Å². The number of hydrogen-bond donors (Lipinski definition) is 1. The SMILES string of the molecule is CC(=O)[C@H]1CC[C@H]2[C@@H]3CCC4=CC(=O)CC[C@]4(C)[C@@]3(I)[C@@H](O)C[C@]12C. The molecule has 25 heavy (non-hydrogen) atoms. The molecular formula is C21H29IO3. The molecule has 0 radical (unpaired) electrons. The van der Waals surface area contributed by atoms with Crippen LogP contribution in [0.1, 0.15) is 65.7 Å². The van der Waals surface area contributed by atoms with Gasteiger partial charge in [0.2, 0.25) is 0 Å². The second kappa shape index (κ2) is 5.63. The molecule has 0 aliphatic heterocycles. The average molecular weight is 456 g/mol. The van der Waals surface area contributed by atoms with Gasteiger partial charge < -0.3 is 5.11 Å². The molecular weight excluding hydrogens is 427 g/mol. The highest BCUT2D eigenvalue weighted by Crippen LogP contribution is 2.71. The summed E-state index contributed by atoms with van der Waals surface area (Å²) in [6.07, 6.45) is 7.74.